The number of rotatable bonds is 6. The van der Waals surface area contributed by atoms with E-state index in [0.717, 1.165) is 12.0 Å². The van der Waals surface area contributed by atoms with Crippen molar-refractivity contribution in [3.05, 3.63) is 23.8 Å². The summed E-state index contributed by atoms with van der Waals surface area (Å²) in [6.45, 7) is 4.46. The lowest BCUT2D eigenvalue weighted by atomic mass is 10.2. The van der Waals surface area contributed by atoms with E-state index in [0.29, 0.717) is 18.0 Å². The van der Waals surface area contributed by atoms with E-state index >= 15 is 0 Å². The first-order valence-electron chi connectivity index (χ1n) is 7.03. The third kappa shape index (κ3) is 4.37. The molecule has 114 valence electrons. The molecule has 1 aliphatic heterocycles. The molecule has 2 N–H and O–H groups in total. The number of ether oxygens (including phenoxy) is 2. The molecular weight excluding hydrogens is 272 g/mol. The number of carbonyl (C=O) groups excluding carboxylic acids is 2. The van der Waals surface area contributed by atoms with Crippen LogP contribution >= 0.6 is 0 Å². The minimum absolute atomic E-state index is 0.0826. The summed E-state index contributed by atoms with van der Waals surface area (Å²) in [5.74, 6) is 0.829. The first-order chi connectivity index (χ1) is 10.1. The topological polar surface area (TPSA) is 76.7 Å². The highest BCUT2D eigenvalue weighted by atomic mass is 16.7. The van der Waals surface area contributed by atoms with E-state index in [2.05, 4.69) is 10.6 Å². The summed E-state index contributed by atoms with van der Waals surface area (Å²) in [6, 6.07) is 5.56. The highest BCUT2D eigenvalue weighted by Gasteiger charge is 2.14. The third-order valence-corrected chi connectivity index (χ3v) is 3.27. The third-order valence-electron chi connectivity index (χ3n) is 3.27. The van der Waals surface area contributed by atoms with Crippen molar-refractivity contribution in [3.63, 3.8) is 0 Å². The Morgan fingerprint density at radius 3 is 2.76 bits per heavy atom. The molecule has 0 saturated carbocycles. The van der Waals surface area contributed by atoms with Crippen LogP contribution in [0.15, 0.2) is 18.2 Å². The lowest BCUT2D eigenvalue weighted by molar-refractivity contribution is -0.129. The normalized spacial score (nSPS) is 13.6. The smallest absolute Gasteiger partial charge is 0.231 e. The first kappa shape index (κ1) is 15.2. The zero-order valence-electron chi connectivity index (χ0n) is 12.3. The van der Waals surface area contributed by atoms with Crippen LogP contribution in [0.5, 0.6) is 11.5 Å². The number of fused-ring (bicyclic) bond motifs is 1. The Labute approximate surface area is 123 Å². The van der Waals surface area contributed by atoms with Crippen LogP contribution in [-0.4, -0.2) is 24.6 Å². The van der Waals surface area contributed by atoms with Gasteiger partial charge in [0.25, 0.3) is 0 Å². The molecule has 0 spiro atoms. The van der Waals surface area contributed by atoms with Crippen molar-refractivity contribution in [1.82, 2.24) is 10.6 Å². The van der Waals surface area contributed by atoms with Gasteiger partial charge in [-0.1, -0.05) is 13.0 Å². The van der Waals surface area contributed by atoms with E-state index in [-0.39, 0.29) is 31.1 Å². The average Bonchev–Trinajstić information content (AvgIpc) is 2.92. The Hall–Kier alpha value is -2.24. The van der Waals surface area contributed by atoms with Gasteiger partial charge in [-0.05, 0) is 31.0 Å². The maximum Gasteiger partial charge on any atom is 0.231 e. The molecule has 0 saturated heterocycles. The van der Waals surface area contributed by atoms with Gasteiger partial charge in [0, 0.05) is 12.6 Å². The molecule has 1 unspecified atom stereocenters. The fourth-order valence-corrected chi connectivity index (χ4v) is 1.89. The summed E-state index contributed by atoms with van der Waals surface area (Å²) in [5.41, 5.74) is 0.898. The molecule has 1 atom stereocenters. The van der Waals surface area contributed by atoms with Gasteiger partial charge in [0.2, 0.25) is 18.6 Å². The minimum atomic E-state index is -0.298. The largest absolute Gasteiger partial charge is 0.454 e. The maximum atomic E-state index is 11.7. The van der Waals surface area contributed by atoms with Gasteiger partial charge < -0.3 is 20.1 Å². The predicted molar refractivity (Wildman–Crippen MR) is 76.9 cm³/mol. The molecule has 1 aliphatic rings. The van der Waals surface area contributed by atoms with Crippen LogP contribution in [0, 0.1) is 0 Å². The number of carbonyl (C=O) groups is 2. The SMILES string of the molecule is CCC(C)NC(=O)CC(=O)NCc1ccc2c(c1)OCO2. The molecule has 0 radical (unpaired) electrons. The van der Waals surface area contributed by atoms with Crippen LogP contribution in [0.3, 0.4) is 0 Å². The summed E-state index contributed by atoms with van der Waals surface area (Å²) < 4.78 is 10.5. The first-order valence-corrected chi connectivity index (χ1v) is 7.03. The van der Waals surface area contributed by atoms with Crippen LogP contribution < -0.4 is 20.1 Å². The van der Waals surface area contributed by atoms with Gasteiger partial charge in [0.15, 0.2) is 11.5 Å². The minimum Gasteiger partial charge on any atom is -0.454 e. The summed E-state index contributed by atoms with van der Waals surface area (Å²) in [4.78, 5) is 23.3. The Morgan fingerprint density at radius 1 is 1.24 bits per heavy atom. The molecule has 21 heavy (non-hydrogen) atoms. The summed E-state index contributed by atoms with van der Waals surface area (Å²) in [6.07, 6.45) is 0.680. The monoisotopic (exact) mass is 292 g/mol. The van der Waals surface area contributed by atoms with Crippen molar-refractivity contribution >= 4 is 11.8 Å². The second-order valence-corrected chi connectivity index (χ2v) is 5.02. The number of amides is 2. The quantitative estimate of drug-likeness (QED) is 0.776. The number of hydrogen-bond acceptors (Lipinski definition) is 4. The Bertz CT molecular complexity index is 530. The molecule has 1 aromatic carbocycles. The predicted octanol–water partition coefficient (Wildman–Crippen LogP) is 1.34. The van der Waals surface area contributed by atoms with Crippen molar-refractivity contribution in [1.29, 1.82) is 0 Å². The highest BCUT2D eigenvalue weighted by molar-refractivity contribution is 5.96. The summed E-state index contributed by atoms with van der Waals surface area (Å²) >= 11 is 0. The summed E-state index contributed by atoms with van der Waals surface area (Å²) in [7, 11) is 0. The van der Waals surface area contributed by atoms with Gasteiger partial charge in [0.1, 0.15) is 6.42 Å². The van der Waals surface area contributed by atoms with Crippen molar-refractivity contribution in [2.75, 3.05) is 6.79 Å². The van der Waals surface area contributed by atoms with Gasteiger partial charge in [-0.15, -0.1) is 0 Å². The summed E-state index contributed by atoms with van der Waals surface area (Å²) in [5, 5.41) is 5.47. The second kappa shape index (κ2) is 6.97. The molecule has 6 heteroatoms. The zero-order valence-corrected chi connectivity index (χ0v) is 12.3. The van der Waals surface area contributed by atoms with Gasteiger partial charge in [-0.2, -0.15) is 0 Å². The van der Waals surface area contributed by atoms with E-state index in [1.807, 2.05) is 26.0 Å². The number of hydrogen-bond donors (Lipinski definition) is 2. The standard InChI is InChI=1S/C15H20N2O4/c1-3-10(2)17-15(19)7-14(18)16-8-11-4-5-12-13(6-11)21-9-20-12/h4-6,10H,3,7-9H2,1-2H3,(H,16,18)(H,17,19). The highest BCUT2D eigenvalue weighted by Crippen LogP contribution is 2.32. The zero-order chi connectivity index (χ0) is 15.2. The lowest BCUT2D eigenvalue weighted by Gasteiger charge is -2.11. The molecule has 0 aromatic heterocycles. The Balaban J connectivity index is 1.77. The second-order valence-electron chi connectivity index (χ2n) is 5.02. The van der Waals surface area contributed by atoms with Gasteiger partial charge in [0.05, 0.1) is 0 Å². The van der Waals surface area contributed by atoms with Crippen molar-refractivity contribution in [2.24, 2.45) is 0 Å². The molecule has 2 amide bonds. The number of benzene rings is 1. The van der Waals surface area contributed by atoms with Crippen molar-refractivity contribution < 1.29 is 19.1 Å². The molecule has 0 fully saturated rings. The van der Waals surface area contributed by atoms with E-state index in [1.165, 1.54) is 0 Å². The van der Waals surface area contributed by atoms with E-state index in [9.17, 15) is 9.59 Å². The van der Waals surface area contributed by atoms with Crippen molar-refractivity contribution in [2.45, 2.75) is 39.3 Å². The Morgan fingerprint density at radius 2 is 2.00 bits per heavy atom. The van der Waals surface area contributed by atoms with E-state index in [4.69, 9.17) is 9.47 Å². The van der Waals surface area contributed by atoms with E-state index in [1.54, 1.807) is 6.07 Å². The Kier molecular flexibility index (Phi) is 5.03. The fraction of sp³-hybridized carbons (Fsp3) is 0.467. The molecule has 0 bridgehead atoms. The average molecular weight is 292 g/mol. The lowest BCUT2D eigenvalue weighted by Crippen LogP contribution is -2.36. The fourth-order valence-electron chi connectivity index (χ4n) is 1.89. The van der Waals surface area contributed by atoms with Gasteiger partial charge in [-0.25, -0.2) is 0 Å². The van der Waals surface area contributed by atoms with Gasteiger partial charge >= 0.3 is 0 Å². The van der Waals surface area contributed by atoms with Crippen LogP contribution in [0.2, 0.25) is 0 Å². The molecule has 6 nitrogen and oxygen atoms in total. The molecule has 0 aliphatic carbocycles. The van der Waals surface area contributed by atoms with Crippen LogP contribution in [0.1, 0.15) is 32.3 Å². The molecule has 1 heterocycles. The molecule has 2 rings (SSSR count). The maximum absolute atomic E-state index is 11.7. The van der Waals surface area contributed by atoms with Gasteiger partial charge in [-0.3, -0.25) is 9.59 Å². The van der Waals surface area contributed by atoms with Crippen LogP contribution in [-0.2, 0) is 16.1 Å². The molecule has 1 aromatic rings. The van der Waals surface area contributed by atoms with Crippen molar-refractivity contribution in [3.8, 4) is 11.5 Å². The van der Waals surface area contributed by atoms with Crippen LogP contribution in [0.25, 0.3) is 0 Å². The number of nitrogens with one attached hydrogen (secondary N) is 2. The molecular formula is C15H20N2O4. The van der Waals surface area contributed by atoms with E-state index < -0.39 is 0 Å². The van der Waals surface area contributed by atoms with Crippen LogP contribution in [0.4, 0.5) is 0 Å².